The molecule has 1 aromatic carbocycles. The molecule has 1 N–H and O–H groups in total. The summed E-state index contributed by atoms with van der Waals surface area (Å²) in [7, 11) is 3.25. The van der Waals surface area contributed by atoms with Crippen LogP contribution in [0.4, 0.5) is 0 Å². The molecular weight excluding hydrogens is 321 g/mol. The first-order valence-corrected chi connectivity index (χ1v) is 5.88. The monoisotopic (exact) mass is 335 g/mol. The topological polar surface area (TPSA) is 49.8 Å². The second kappa shape index (κ2) is 6.05. The van der Waals surface area contributed by atoms with Gasteiger partial charge >= 0.3 is 0 Å². The highest BCUT2D eigenvalue weighted by molar-refractivity contribution is 14.1. The Morgan fingerprint density at radius 2 is 2.25 bits per heavy atom. The number of carbonyl (C=O) groups is 1. The van der Waals surface area contributed by atoms with Crippen LogP contribution in [0.5, 0.6) is 5.75 Å². The van der Waals surface area contributed by atoms with Crippen LogP contribution in [0.15, 0.2) is 18.2 Å². The zero-order valence-electron chi connectivity index (χ0n) is 9.24. The lowest BCUT2D eigenvalue weighted by Gasteiger charge is -2.16. The average Bonchev–Trinajstić information content (AvgIpc) is 2.28. The molecule has 0 aromatic heterocycles. The van der Waals surface area contributed by atoms with Gasteiger partial charge < -0.3 is 14.7 Å². The minimum atomic E-state index is -0.0962. The number of aliphatic hydroxyl groups is 1. The van der Waals surface area contributed by atoms with Gasteiger partial charge in [-0.15, -0.1) is 0 Å². The van der Waals surface area contributed by atoms with Gasteiger partial charge in [0.05, 0.1) is 19.3 Å². The summed E-state index contributed by atoms with van der Waals surface area (Å²) in [5, 5.41) is 8.77. The largest absolute Gasteiger partial charge is 0.497 e. The second-order valence-corrected chi connectivity index (χ2v) is 4.46. The Hall–Kier alpha value is -0.820. The zero-order chi connectivity index (χ0) is 12.1. The minimum Gasteiger partial charge on any atom is -0.497 e. The molecule has 5 heteroatoms. The first kappa shape index (κ1) is 13.2. The summed E-state index contributed by atoms with van der Waals surface area (Å²) >= 11 is 2.10. The lowest BCUT2D eigenvalue weighted by Crippen LogP contribution is -2.30. The fraction of sp³-hybridized carbons (Fsp3) is 0.364. The van der Waals surface area contributed by atoms with Gasteiger partial charge in [-0.1, -0.05) is 0 Å². The average molecular weight is 335 g/mol. The van der Waals surface area contributed by atoms with E-state index in [9.17, 15) is 4.79 Å². The molecule has 0 aliphatic carbocycles. The van der Waals surface area contributed by atoms with Crippen LogP contribution in [0.1, 0.15) is 10.4 Å². The molecule has 1 rings (SSSR count). The Balaban J connectivity index is 2.91. The maximum absolute atomic E-state index is 11.9. The number of aliphatic hydroxyl groups excluding tert-OH is 1. The third-order valence-electron chi connectivity index (χ3n) is 2.19. The van der Waals surface area contributed by atoms with Crippen molar-refractivity contribution in [3.8, 4) is 5.75 Å². The highest BCUT2D eigenvalue weighted by Gasteiger charge is 2.14. The summed E-state index contributed by atoms with van der Waals surface area (Å²) in [6.07, 6.45) is 0. The zero-order valence-corrected chi connectivity index (χ0v) is 11.4. The maximum atomic E-state index is 11.9. The predicted molar refractivity (Wildman–Crippen MR) is 69.8 cm³/mol. The van der Waals surface area contributed by atoms with Crippen molar-refractivity contribution in [1.29, 1.82) is 0 Å². The Kier molecular flexibility index (Phi) is 5.01. The molecule has 88 valence electrons. The van der Waals surface area contributed by atoms with Crippen LogP contribution in [0, 0.1) is 3.57 Å². The maximum Gasteiger partial charge on any atom is 0.254 e. The molecule has 0 saturated heterocycles. The second-order valence-electron chi connectivity index (χ2n) is 3.30. The van der Waals surface area contributed by atoms with Gasteiger partial charge in [0.2, 0.25) is 0 Å². The number of likely N-dealkylation sites (N-methyl/N-ethyl adjacent to an activating group) is 1. The van der Waals surface area contributed by atoms with Crippen molar-refractivity contribution in [3.05, 3.63) is 27.3 Å². The van der Waals surface area contributed by atoms with Crippen LogP contribution >= 0.6 is 22.6 Å². The van der Waals surface area contributed by atoms with E-state index in [0.29, 0.717) is 12.1 Å². The molecule has 0 heterocycles. The number of hydrogen-bond donors (Lipinski definition) is 1. The van der Waals surface area contributed by atoms with E-state index < -0.39 is 0 Å². The highest BCUT2D eigenvalue weighted by Crippen LogP contribution is 2.20. The van der Waals surface area contributed by atoms with Crippen molar-refractivity contribution in [2.75, 3.05) is 27.3 Å². The number of benzene rings is 1. The van der Waals surface area contributed by atoms with Crippen molar-refractivity contribution in [2.24, 2.45) is 0 Å². The summed E-state index contributed by atoms with van der Waals surface area (Å²) < 4.78 is 5.91. The number of carbonyl (C=O) groups excluding carboxylic acids is 1. The Morgan fingerprint density at radius 1 is 1.56 bits per heavy atom. The number of methoxy groups -OCH3 is 1. The van der Waals surface area contributed by atoms with Crippen LogP contribution in [0.2, 0.25) is 0 Å². The van der Waals surface area contributed by atoms with Gasteiger partial charge in [-0.25, -0.2) is 0 Å². The third-order valence-corrected chi connectivity index (χ3v) is 3.08. The molecule has 1 amide bonds. The molecule has 16 heavy (non-hydrogen) atoms. The highest BCUT2D eigenvalue weighted by atomic mass is 127. The van der Waals surface area contributed by atoms with Crippen molar-refractivity contribution in [3.63, 3.8) is 0 Å². The van der Waals surface area contributed by atoms with Gasteiger partial charge in [-0.05, 0) is 40.8 Å². The van der Waals surface area contributed by atoms with E-state index in [2.05, 4.69) is 22.6 Å². The van der Waals surface area contributed by atoms with Gasteiger partial charge in [0.1, 0.15) is 5.75 Å². The Morgan fingerprint density at radius 3 is 2.75 bits per heavy atom. The van der Waals surface area contributed by atoms with Gasteiger partial charge in [0, 0.05) is 17.2 Å². The van der Waals surface area contributed by atoms with Crippen LogP contribution in [-0.2, 0) is 0 Å². The minimum absolute atomic E-state index is 0.0328. The van der Waals surface area contributed by atoms with Gasteiger partial charge in [-0.3, -0.25) is 4.79 Å². The number of ether oxygens (including phenoxy) is 1. The number of amides is 1. The van der Waals surface area contributed by atoms with Crippen molar-refractivity contribution in [2.45, 2.75) is 0 Å². The van der Waals surface area contributed by atoms with Crippen molar-refractivity contribution in [1.82, 2.24) is 4.90 Å². The van der Waals surface area contributed by atoms with Crippen LogP contribution in [0.25, 0.3) is 0 Å². The first-order valence-electron chi connectivity index (χ1n) is 4.80. The van der Waals surface area contributed by atoms with E-state index in [1.54, 1.807) is 32.4 Å². The molecule has 0 atom stereocenters. The standard InChI is InChI=1S/C11H14INO3/c1-13(5-6-14)11(15)9-4-3-8(16-2)7-10(9)12/h3-4,7,14H,5-6H2,1-2H3. The molecule has 1 aromatic rings. The molecule has 0 bridgehead atoms. The lowest BCUT2D eigenvalue weighted by molar-refractivity contribution is 0.0766. The molecule has 0 aliphatic rings. The molecule has 0 radical (unpaired) electrons. The van der Waals surface area contributed by atoms with E-state index in [0.717, 1.165) is 9.32 Å². The summed E-state index contributed by atoms with van der Waals surface area (Å²) in [6, 6.07) is 5.29. The summed E-state index contributed by atoms with van der Waals surface area (Å²) in [6.45, 7) is 0.302. The smallest absolute Gasteiger partial charge is 0.254 e. The molecular formula is C11H14INO3. The predicted octanol–water partition coefficient (Wildman–Crippen LogP) is 1.36. The van der Waals surface area contributed by atoms with E-state index in [1.165, 1.54) is 4.90 Å². The Bertz CT molecular complexity index is 381. The van der Waals surface area contributed by atoms with E-state index >= 15 is 0 Å². The number of nitrogens with zero attached hydrogens (tertiary/aromatic N) is 1. The summed E-state index contributed by atoms with van der Waals surface area (Å²) in [5.41, 5.74) is 0.623. The van der Waals surface area contributed by atoms with E-state index in [4.69, 9.17) is 9.84 Å². The van der Waals surface area contributed by atoms with Crippen LogP contribution in [0.3, 0.4) is 0 Å². The van der Waals surface area contributed by atoms with Crippen LogP contribution < -0.4 is 4.74 Å². The summed E-state index contributed by atoms with van der Waals surface area (Å²) in [5.74, 6) is 0.631. The van der Waals surface area contributed by atoms with Gasteiger partial charge in [0.25, 0.3) is 5.91 Å². The normalized spacial score (nSPS) is 10.0. The molecule has 0 unspecified atom stereocenters. The third kappa shape index (κ3) is 3.08. The number of hydrogen-bond acceptors (Lipinski definition) is 3. The fourth-order valence-electron chi connectivity index (χ4n) is 1.25. The molecule has 4 nitrogen and oxygen atoms in total. The number of halogens is 1. The van der Waals surface area contributed by atoms with Crippen molar-refractivity contribution < 1.29 is 14.6 Å². The first-order chi connectivity index (χ1) is 7.60. The van der Waals surface area contributed by atoms with Gasteiger partial charge in [0.15, 0.2) is 0 Å². The SMILES string of the molecule is COc1ccc(C(=O)N(C)CCO)c(I)c1. The molecule has 0 saturated carbocycles. The van der Waals surface area contributed by atoms with Gasteiger partial charge in [-0.2, -0.15) is 0 Å². The molecule has 0 spiro atoms. The Labute approximate surface area is 108 Å². The quantitative estimate of drug-likeness (QED) is 0.846. The molecule has 0 aliphatic heterocycles. The van der Waals surface area contributed by atoms with Crippen molar-refractivity contribution >= 4 is 28.5 Å². The fourth-order valence-corrected chi connectivity index (χ4v) is 1.97. The summed E-state index contributed by atoms with van der Waals surface area (Å²) in [4.78, 5) is 13.4. The number of rotatable bonds is 4. The van der Waals surface area contributed by atoms with E-state index in [1.807, 2.05) is 0 Å². The van der Waals surface area contributed by atoms with Crippen LogP contribution in [-0.4, -0.2) is 43.2 Å². The van der Waals surface area contributed by atoms with E-state index in [-0.39, 0.29) is 12.5 Å². The lowest BCUT2D eigenvalue weighted by atomic mass is 10.2. The molecule has 0 fully saturated rings.